The number of alkyl halides is 1. The average Bonchev–Trinajstić information content (AvgIpc) is 2.80. The standard InChI is InChI=1S/C12H12Br3NO/c13-6-8-3-4-16(7-8)12(17)10-5-9(14)1-2-11(10)15/h1-2,5,8H,3-4,6-7H2. The highest BCUT2D eigenvalue weighted by Gasteiger charge is 2.27. The first-order chi connectivity index (χ1) is 8.11. The Morgan fingerprint density at radius 1 is 1.41 bits per heavy atom. The molecule has 1 aliphatic rings. The van der Waals surface area contributed by atoms with Gasteiger partial charge in [0.15, 0.2) is 0 Å². The molecular weight excluding hydrogens is 414 g/mol. The molecule has 0 aliphatic carbocycles. The number of carbonyl (C=O) groups excluding carboxylic acids is 1. The number of likely N-dealkylation sites (tertiary alicyclic amines) is 1. The van der Waals surface area contributed by atoms with E-state index in [4.69, 9.17) is 0 Å². The normalized spacial score (nSPS) is 19.7. The number of hydrogen-bond donors (Lipinski definition) is 0. The Balaban J connectivity index is 2.17. The van der Waals surface area contributed by atoms with Gasteiger partial charge >= 0.3 is 0 Å². The number of amides is 1. The fourth-order valence-electron chi connectivity index (χ4n) is 1.97. The van der Waals surface area contributed by atoms with Crippen LogP contribution in [0.25, 0.3) is 0 Å². The van der Waals surface area contributed by atoms with Crippen LogP contribution in [0.3, 0.4) is 0 Å². The van der Waals surface area contributed by atoms with Crippen LogP contribution < -0.4 is 0 Å². The summed E-state index contributed by atoms with van der Waals surface area (Å²) in [6.45, 7) is 1.71. The lowest BCUT2D eigenvalue weighted by atomic mass is 10.2. The SMILES string of the molecule is O=C(c1cc(Br)ccc1Br)N1CCC(CBr)C1. The summed E-state index contributed by atoms with van der Waals surface area (Å²) in [7, 11) is 0. The highest BCUT2D eigenvalue weighted by Crippen LogP contribution is 2.26. The van der Waals surface area contributed by atoms with Crippen molar-refractivity contribution >= 4 is 53.7 Å². The summed E-state index contributed by atoms with van der Waals surface area (Å²) >= 11 is 10.3. The molecule has 5 heteroatoms. The summed E-state index contributed by atoms with van der Waals surface area (Å²) in [4.78, 5) is 14.3. The molecule has 2 nitrogen and oxygen atoms in total. The van der Waals surface area contributed by atoms with Crippen LogP contribution in [0.1, 0.15) is 16.8 Å². The van der Waals surface area contributed by atoms with Crippen molar-refractivity contribution in [1.82, 2.24) is 4.90 Å². The third-order valence-electron chi connectivity index (χ3n) is 2.95. The van der Waals surface area contributed by atoms with Gasteiger partial charge in [-0.15, -0.1) is 0 Å². The molecule has 1 aromatic carbocycles. The van der Waals surface area contributed by atoms with Crippen LogP contribution in [0, 0.1) is 5.92 Å². The predicted molar refractivity (Wildman–Crippen MR) is 79.6 cm³/mol. The van der Waals surface area contributed by atoms with Crippen molar-refractivity contribution in [3.05, 3.63) is 32.7 Å². The molecule has 1 unspecified atom stereocenters. The van der Waals surface area contributed by atoms with Crippen LogP contribution in [0.4, 0.5) is 0 Å². The quantitative estimate of drug-likeness (QED) is 0.654. The molecule has 1 aliphatic heterocycles. The van der Waals surface area contributed by atoms with Crippen molar-refractivity contribution in [2.75, 3.05) is 18.4 Å². The zero-order valence-corrected chi connectivity index (χ0v) is 13.9. The fraction of sp³-hybridized carbons (Fsp3) is 0.417. The Labute approximate surface area is 126 Å². The van der Waals surface area contributed by atoms with E-state index in [9.17, 15) is 4.79 Å². The molecule has 1 fully saturated rings. The van der Waals surface area contributed by atoms with Crippen molar-refractivity contribution in [2.24, 2.45) is 5.92 Å². The molecule has 1 heterocycles. The van der Waals surface area contributed by atoms with E-state index in [1.54, 1.807) is 0 Å². The van der Waals surface area contributed by atoms with E-state index in [0.717, 1.165) is 39.3 Å². The van der Waals surface area contributed by atoms with Crippen LogP contribution in [-0.4, -0.2) is 29.2 Å². The van der Waals surface area contributed by atoms with E-state index in [1.807, 2.05) is 23.1 Å². The van der Waals surface area contributed by atoms with Gasteiger partial charge in [0.25, 0.3) is 5.91 Å². The molecule has 0 aromatic heterocycles. The lowest BCUT2D eigenvalue weighted by molar-refractivity contribution is 0.0787. The molecule has 0 spiro atoms. The number of carbonyl (C=O) groups is 1. The molecule has 0 saturated carbocycles. The van der Waals surface area contributed by atoms with Gasteiger partial charge < -0.3 is 4.90 Å². The number of halogens is 3. The first kappa shape index (κ1) is 13.6. The van der Waals surface area contributed by atoms with Gasteiger partial charge in [-0.3, -0.25) is 4.79 Å². The highest BCUT2D eigenvalue weighted by molar-refractivity contribution is 9.11. The van der Waals surface area contributed by atoms with E-state index in [-0.39, 0.29) is 5.91 Å². The first-order valence-electron chi connectivity index (χ1n) is 5.42. The van der Waals surface area contributed by atoms with Gasteiger partial charge in [-0.2, -0.15) is 0 Å². The van der Waals surface area contributed by atoms with Crippen LogP contribution in [0.15, 0.2) is 27.1 Å². The van der Waals surface area contributed by atoms with E-state index >= 15 is 0 Å². The second-order valence-corrected chi connectivity index (χ2v) is 6.60. The lowest BCUT2D eigenvalue weighted by Crippen LogP contribution is -2.29. The summed E-state index contributed by atoms with van der Waals surface area (Å²) in [6, 6.07) is 5.69. The monoisotopic (exact) mass is 423 g/mol. The zero-order valence-electron chi connectivity index (χ0n) is 9.13. The third kappa shape index (κ3) is 3.12. The molecule has 0 N–H and O–H groups in total. The topological polar surface area (TPSA) is 20.3 Å². The highest BCUT2D eigenvalue weighted by atomic mass is 79.9. The minimum absolute atomic E-state index is 0.113. The summed E-state index contributed by atoms with van der Waals surface area (Å²) in [5, 5.41) is 0.969. The molecular formula is C12H12Br3NO. The Bertz CT molecular complexity index is 436. The van der Waals surface area contributed by atoms with Gasteiger partial charge in [0, 0.05) is 27.4 Å². The van der Waals surface area contributed by atoms with Crippen molar-refractivity contribution in [2.45, 2.75) is 6.42 Å². The maximum Gasteiger partial charge on any atom is 0.255 e. The van der Waals surface area contributed by atoms with Crippen LogP contribution in [-0.2, 0) is 0 Å². The minimum atomic E-state index is 0.113. The summed E-state index contributed by atoms with van der Waals surface area (Å²) in [6.07, 6.45) is 1.09. The Kier molecular flexibility index (Phi) is 4.66. The molecule has 2 rings (SSSR count). The molecule has 0 radical (unpaired) electrons. The Hall–Kier alpha value is 0.130. The third-order valence-corrected chi connectivity index (χ3v) is 5.05. The average molecular weight is 426 g/mol. The molecule has 0 bridgehead atoms. The van der Waals surface area contributed by atoms with Gasteiger partial charge in [-0.1, -0.05) is 31.9 Å². The number of hydrogen-bond acceptors (Lipinski definition) is 1. The van der Waals surface area contributed by atoms with E-state index in [2.05, 4.69) is 47.8 Å². The molecule has 17 heavy (non-hydrogen) atoms. The van der Waals surface area contributed by atoms with Gasteiger partial charge in [0.05, 0.1) is 5.56 Å². The second kappa shape index (κ2) is 5.85. The molecule has 1 amide bonds. The summed E-state index contributed by atoms with van der Waals surface area (Å²) in [5.74, 6) is 0.700. The number of rotatable bonds is 2. The maximum atomic E-state index is 12.3. The fourth-order valence-corrected chi connectivity index (χ4v) is 3.28. The van der Waals surface area contributed by atoms with Crippen LogP contribution >= 0.6 is 47.8 Å². The van der Waals surface area contributed by atoms with E-state index < -0.39 is 0 Å². The van der Waals surface area contributed by atoms with Crippen LogP contribution in [0.2, 0.25) is 0 Å². The smallest absolute Gasteiger partial charge is 0.255 e. The van der Waals surface area contributed by atoms with Crippen molar-refractivity contribution in [1.29, 1.82) is 0 Å². The Morgan fingerprint density at radius 3 is 2.82 bits per heavy atom. The lowest BCUT2D eigenvalue weighted by Gasteiger charge is -2.17. The van der Waals surface area contributed by atoms with Gasteiger partial charge in [0.1, 0.15) is 0 Å². The van der Waals surface area contributed by atoms with Crippen molar-refractivity contribution < 1.29 is 4.79 Å². The van der Waals surface area contributed by atoms with Gasteiger partial charge in [-0.05, 0) is 46.5 Å². The van der Waals surface area contributed by atoms with Gasteiger partial charge in [-0.25, -0.2) is 0 Å². The molecule has 1 aromatic rings. The van der Waals surface area contributed by atoms with Crippen molar-refractivity contribution in [3.8, 4) is 0 Å². The largest absolute Gasteiger partial charge is 0.338 e. The summed E-state index contributed by atoms with van der Waals surface area (Å²) in [5.41, 5.74) is 0.731. The second-order valence-electron chi connectivity index (χ2n) is 4.18. The predicted octanol–water partition coefficient (Wildman–Crippen LogP) is 4.07. The number of benzene rings is 1. The van der Waals surface area contributed by atoms with Gasteiger partial charge in [0.2, 0.25) is 0 Å². The van der Waals surface area contributed by atoms with Crippen molar-refractivity contribution in [3.63, 3.8) is 0 Å². The number of nitrogens with zero attached hydrogens (tertiary/aromatic N) is 1. The Morgan fingerprint density at radius 2 is 2.18 bits per heavy atom. The molecule has 1 saturated heterocycles. The first-order valence-corrected chi connectivity index (χ1v) is 8.13. The zero-order chi connectivity index (χ0) is 12.4. The summed E-state index contributed by atoms with van der Waals surface area (Å²) < 4.78 is 1.79. The molecule has 92 valence electrons. The maximum absolute atomic E-state index is 12.3. The molecule has 1 atom stereocenters. The minimum Gasteiger partial charge on any atom is -0.338 e. The van der Waals surface area contributed by atoms with E-state index in [0.29, 0.717) is 5.92 Å². The van der Waals surface area contributed by atoms with E-state index in [1.165, 1.54) is 0 Å². The van der Waals surface area contributed by atoms with Crippen LogP contribution in [0.5, 0.6) is 0 Å².